The molecule has 0 unspecified atom stereocenters. The lowest BCUT2D eigenvalue weighted by molar-refractivity contribution is 0.197. The Balaban J connectivity index is 1.84. The largest absolute Gasteiger partial charge is 0.414 e. The molecule has 1 saturated carbocycles. The van der Waals surface area contributed by atoms with Crippen LogP contribution in [0.5, 0.6) is 5.88 Å². The van der Waals surface area contributed by atoms with E-state index in [-0.39, 0.29) is 6.54 Å². The summed E-state index contributed by atoms with van der Waals surface area (Å²) in [5.41, 5.74) is 2.90. The van der Waals surface area contributed by atoms with Gasteiger partial charge in [-0.05, 0) is 31.9 Å². The number of ether oxygens (including phenoxy) is 1. The number of carbonyl (C=O) groups excluding carboxylic acids is 1. The third-order valence-corrected chi connectivity index (χ3v) is 4.78. The van der Waals surface area contributed by atoms with Crippen LogP contribution in [0.4, 0.5) is 4.79 Å². The fourth-order valence-electron chi connectivity index (χ4n) is 3.05. The zero-order valence-electron chi connectivity index (χ0n) is 14.3. The molecular weight excluding hydrogens is 397 g/mol. The lowest BCUT2D eigenvalue weighted by atomic mass is 10.1. The summed E-state index contributed by atoms with van der Waals surface area (Å²) in [7, 11) is 0. The van der Waals surface area contributed by atoms with E-state index in [4.69, 9.17) is 39.5 Å². The van der Waals surface area contributed by atoms with Crippen LogP contribution in [0.25, 0.3) is 5.69 Å². The molecule has 1 aliphatic rings. The average molecular weight is 417 g/mol. The summed E-state index contributed by atoms with van der Waals surface area (Å²) in [6.45, 7) is 1.86. The van der Waals surface area contributed by atoms with E-state index in [1.807, 2.05) is 37.3 Å². The zero-order valence-corrected chi connectivity index (χ0v) is 16.6. The smallest absolute Gasteiger partial charge is 0.391 e. The molecule has 2 aromatic rings. The first-order chi connectivity index (χ1) is 12.3. The summed E-state index contributed by atoms with van der Waals surface area (Å²) in [6, 6.07) is 9.67. The highest BCUT2D eigenvalue weighted by molar-refractivity contribution is 6.67. The average Bonchev–Trinajstić information content (AvgIpc) is 3.23. The van der Waals surface area contributed by atoms with Crippen LogP contribution in [-0.4, -0.2) is 26.2 Å². The number of hydrogen-bond acceptors (Lipinski definition) is 3. The fourth-order valence-corrected chi connectivity index (χ4v) is 3.25. The maximum Gasteiger partial charge on any atom is 0.414 e. The number of nitrogens with zero attached hydrogens (tertiary/aromatic N) is 2. The second kappa shape index (κ2) is 8.07. The third kappa shape index (κ3) is 5.06. The molecule has 1 aromatic carbocycles. The molecule has 0 bridgehead atoms. The molecule has 3 rings (SSSR count). The summed E-state index contributed by atoms with van der Waals surface area (Å²) in [5, 5.41) is 7.13. The van der Waals surface area contributed by atoms with Gasteiger partial charge in [-0.25, -0.2) is 9.48 Å². The Hall–Kier alpha value is -1.43. The lowest BCUT2D eigenvalue weighted by Crippen LogP contribution is -2.34. The number of alkyl halides is 3. The second-order valence-electron chi connectivity index (χ2n) is 6.49. The van der Waals surface area contributed by atoms with Gasteiger partial charge < -0.3 is 10.1 Å². The van der Waals surface area contributed by atoms with Gasteiger partial charge in [-0.3, -0.25) is 0 Å². The Labute approximate surface area is 167 Å². The Kier molecular flexibility index (Phi) is 6.00. The van der Waals surface area contributed by atoms with Crippen molar-refractivity contribution in [2.45, 2.75) is 42.3 Å². The molecule has 1 aliphatic carbocycles. The molecule has 1 amide bonds. The van der Waals surface area contributed by atoms with Crippen LogP contribution in [0.1, 0.15) is 42.9 Å². The van der Waals surface area contributed by atoms with Gasteiger partial charge in [0, 0.05) is 12.0 Å². The van der Waals surface area contributed by atoms with Crippen molar-refractivity contribution in [2.24, 2.45) is 0 Å². The molecule has 8 heteroatoms. The van der Waals surface area contributed by atoms with Crippen LogP contribution < -0.4 is 10.1 Å². The molecule has 5 nitrogen and oxygen atoms in total. The van der Waals surface area contributed by atoms with Crippen molar-refractivity contribution in [1.29, 1.82) is 0 Å². The number of rotatable bonds is 4. The lowest BCUT2D eigenvalue weighted by Gasteiger charge is -2.12. The minimum atomic E-state index is -1.58. The van der Waals surface area contributed by atoms with Gasteiger partial charge in [-0.2, -0.15) is 5.10 Å². The van der Waals surface area contributed by atoms with E-state index >= 15 is 0 Å². The van der Waals surface area contributed by atoms with Crippen LogP contribution >= 0.6 is 34.8 Å². The Morgan fingerprint density at radius 2 is 1.92 bits per heavy atom. The van der Waals surface area contributed by atoms with Crippen molar-refractivity contribution < 1.29 is 9.53 Å². The first kappa shape index (κ1) is 19.3. The maximum atomic E-state index is 12.1. The third-order valence-electron chi connectivity index (χ3n) is 4.38. The maximum absolute atomic E-state index is 12.1. The molecule has 0 saturated heterocycles. The highest BCUT2D eigenvalue weighted by Gasteiger charge is 2.25. The standard InChI is InChI=1S/C18H20Cl3N3O2/c1-12-6-8-14(9-7-12)24-16(26-17(25)22-11-18(19,20)21)10-15(23-24)13-4-2-3-5-13/h6-10,13H,2-5,11H2,1H3,(H,22,25). The second-order valence-corrected chi connectivity index (χ2v) is 9.01. The Bertz CT molecular complexity index is 763. The molecule has 0 aliphatic heterocycles. The van der Waals surface area contributed by atoms with Gasteiger partial charge in [0.05, 0.1) is 17.9 Å². The van der Waals surface area contributed by atoms with Crippen molar-refractivity contribution in [3.63, 3.8) is 0 Å². The van der Waals surface area contributed by atoms with Gasteiger partial charge in [0.25, 0.3) is 0 Å². The minimum absolute atomic E-state index is 0.148. The van der Waals surface area contributed by atoms with E-state index < -0.39 is 9.89 Å². The number of amides is 1. The monoisotopic (exact) mass is 415 g/mol. The molecule has 0 spiro atoms. The highest BCUT2D eigenvalue weighted by atomic mass is 35.6. The Morgan fingerprint density at radius 1 is 1.27 bits per heavy atom. The first-order valence-corrected chi connectivity index (χ1v) is 9.65. The summed E-state index contributed by atoms with van der Waals surface area (Å²) >= 11 is 17.0. The fraction of sp³-hybridized carbons (Fsp3) is 0.444. The van der Waals surface area contributed by atoms with Crippen LogP contribution in [0, 0.1) is 6.92 Å². The number of halogens is 3. The van der Waals surface area contributed by atoms with E-state index in [2.05, 4.69) is 10.4 Å². The SMILES string of the molecule is Cc1ccc(-n2nc(C3CCCC3)cc2OC(=O)NCC(Cl)(Cl)Cl)cc1. The van der Waals surface area contributed by atoms with Gasteiger partial charge >= 0.3 is 6.09 Å². The van der Waals surface area contributed by atoms with Crippen molar-refractivity contribution >= 4 is 40.9 Å². The number of aryl methyl sites for hydroxylation is 1. The molecule has 1 heterocycles. The molecule has 1 fully saturated rings. The topological polar surface area (TPSA) is 56.2 Å². The van der Waals surface area contributed by atoms with Crippen molar-refractivity contribution in [3.05, 3.63) is 41.6 Å². The van der Waals surface area contributed by atoms with Crippen LogP contribution in [0.2, 0.25) is 0 Å². The summed E-state index contributed by atoms with van der Waals surface area (Å²) in [6.07, 6.45) is 3.90. The minimum Gasteiger partial charge on any atom is -0.391 e. The van der Waals surface area contributed by atoms with Crippen molar-refractivity contribution in [2.75, 3.05) is 6.54 Å². The quantitative estimate of drug-likeness (QED) is 0.688. The molecule has 1 aromatic heterocycles. The predicted molar refractivity (Wildman–Crippen MR) is 104 cm³/mol. The van der Waals surface area contributed by atoms with E-state index in [1.54, 1.807) is 4.68 Å². The van der Waals surface area contributed by atoms with Gasteiger partial charge in [0.15, 0.2) is 0 Å². The van der Waals surface area contributed by atoms with Gasteiger partial charge in [0.1, 0.15) is 0 Å². The van der Waals surface area contributed by atoms with Gasteiger partial charge in [0.2, 0.25) is 9.67 Å². The van der Waals surface area contributed by atoms with Crippen LogP contribution in [-0.2, 0) is 0 Å². The molecule has 140 valence electrons. The van der Waals surface area contributed by atoms with Gasteiger partial charge in [-0.1, -0.05) is 65.3 Å². The first-order valence-electron chi connectivity index (χ1n) is 8.51. The summed E-state index contributed by atoms with van der Waals surface area (Å²) in [5.74, 6) is 0.742. The molecule has 0 atom stereocenters. The van der Waals surface area contributed by atoms with Crippen molar-refractivity contribution in [3.8, 4) is 11.6 Å². The van der Waals surface area contributed by atoms with Crippen LogP contribution in [0.15, 0.2) is 30.3 Å². The van der Waals surface area contributed by atoms with Crippen LogP contribution in [0.3, 0.4) is 0 Å². The van der Waals surface area contributed by atoms with Crippen molar-refractivity contribution in [1.82, 2.24) is 15.1 Å². The number of aromatic nitrogens is 2. The zero-order chi connectivity index (χ0) is 18.7. The highest BCUT2D eigenvalue weighted by Crippen LogP contribution is 2.35. The number of hydrogen-bond donors (Lipinski definition) is 1. The normalized spacial score (nSPS) is 15.2. The van der Waals surface area contributed by atoms with E-state index in [1.165, 1.54) is 12.8 Å². The molecular formula is C18H20Cl3N3O2. The predicted octanol–water partition coefficient (Wildman–Crippen LogP) is 5.30. The molecule has 1 N–H and O–H groups in total. The van der Waals surface area contributed by atoms with E-state index in [9.17, 15) is 4.79 Å². The number of benzene rings is 1. The molecule has 26 heavy (non-hydrogen) atoms. The number of carbonyl (C=O) groups is 1. The summed E-state index contributed by atoms with van der Waals surface area (Å²) < 4.78 is 5.50. The summed E-state index contributed by atoms with van der Waals surface area (Å²) in [4.78, 5) is 12.1. The Morgan fingerprint density at radius 3 is 2.54 bits per heavy atom. The van der Waals surface area contributed by atoms with E-state index in [0.29, 0.717) is 11.8 Å². The van der Waals surface area contributed by atoms with E-state index in [0.717, 1.165) is 29.8 Å². The van der Waals surface area contributed by atoms with Gasteiger partial charge in [-0.15, -0.1) is 0 Å². The number of nitrogens with one attached hydrogen (secondary N) is 1. The molecule has 0 radical (unpaired) electrons.